The van der Waals surface area contributed by atoms with Gasteiger partial charge in [-0.25, -0.2) is 8.42 Å². The molecule has 1 aromatic heterocycles. The third-order valence-electron chi connectivity index (χ3n) is 3.79. The number of benzene rings is 2. The monoisotopic (exact) mass is 378 g/mol. The Morgan fingerprint density at radius 1 is 0.963 bits per heavy atom. The van der Waals surface area contributed by atoms with Gasteiger partial charge in [0, 0.05) is 24.2 Å². The Hall–Kier alpha value is -3.25. The van der Waals surface area contributed by atoms with E-state index in [1.54, 1.807) is 48.8 Å². The smallest absolute Gasteiger partial charge is 0.248 e. The molecule has 0 unspecified atom stereocenters. The van der Waals surface area contributed by atoms with Crippen LogP contribution in [-0.4, -0.2) is 19.3 Å². The predicted molar refractivity (Wildman–Crippen MR) is 106 cm³/mol. The van der Waals surface area contributed by atoms with Crippen LogP contribution >= 0.6 is 0 Å². The predicted octanol–water partition coefficient (Wildman–Crippen LogP) is 3.71. The van der Waals surface area contributed by atoms with E-state index in [1.165, 1.54) is 18.2 Å². The molecule has 0 aliphatic rings. The molecule has 27 heavy (non-hydrogen) atoms. The zero-order valence-corrected chi connectivity index (χ0v) is 15.3. The molecule has 0 aliphatic heterocycles. The summed E-state index contributed by atoms with van der Waals surface area (Å²) in [5.74, 6) is -0.369. The van der Waals surface area contributed by atoms with Crippen LogP contribution in [0.4, 0.5) is 5.69 Å². The molecule has 0 saturated heterocycles. The minimum absolute atomic E-state index is 0.0621. The zero-order chi connectivity index (χ0) is 19.1. The summed E-state index contributed by atoms with van der Waals surface area (Å²) in [5.41, 5.74) is 2.07. The van der Waals surface area contributed by atoms with E-state index in [4.69, 9.17) is 0 Å². The fourth-order valence-electron chi connectivity index (χ4n) is 2.45. The summed E-state index contributed by atoms with van der Waals surface area (Å²) in [4.78, 5) is 16.2. The van der Waals surface area contributed by atoms with Crippen molar-refractivity contribution >= 4 is 27.5 Å². The van der Waals surface area contributed by atoms with Crippen LogP contribution in [0.25, 0.3) is 6.08 Å². The Kier molecular flexibility index (Phi) is 5.78. The van der Waals surface area contributed by atoms with Crippen LogP contribution in [0.15, 0.2) is 90.1 Å². The highest BCUT2D eigenvalue weighted by molar-refractivity contribution is 7.90. The van der Waals surface area contributed by atoms with E-state index >= 15 is 0 Å². The SMILES string of the molecule is O=C(/C=C/c1cccnc1)Nc1ccc(S(=O)(=O)Cc2ccccc2)cc1. The van der Waals surface area contributed by atoms with Gasteiger partial charge in [-0.2, -0.15) is 0 Å². The molecule has 0 bridgehead atoms. The van der Waals surface area contributed by atoms with Crippen molar-refractivity contribution in [3.05, 3.63) is 96.3 Å². The van der Waals surface area contributed by atoms with Crippen molar-refractivity contribution in [1.29, 1.82) is 0 Å². The Morgan fingerprint density at radius 3 is 2.37 bits per heavy atom. The number of pyridine rings is 1. The number of hydrogen-bond donors (Lipinski definition) is 1. The molecule has 0 fully saturated rings. The van der Waals surface area contributed by atoms with Gasteiger partial charge in [0.15, 0.2) is 9.84 Å². The molecule has 0 aliphatic carbocycles. The molecule has 3 aromatic rings. The number of aromatic nitrogens is 1. The lowest BCUT2D eigenvalue weighted by atomic mass is 10.2. The topological polar surface area (TPSA) is 76.1 Å². The maximum absolute atomic E-state index is 12.5. The number of nitrogens with one attached hydrogen (secondary N) is 1. The van der Waals surface area contributed by atoms with E-state index in [2.05, 4.69) is 10.3 Å². The molecule has 2 aromatic carbocycles. The second-order valence-electron chi connectivity index (χ2n) is 5.88. The Bertz CT molecular complexity index is 1030. The first kappa shape index (κ1) is 18.5. The van der Waals surface area contributed by atoms with Gasteiger partial charge in [-0.3, -0.25) is 9.78 Å². The highest BCUT2D eigenvalue weighted by atomic mass is 32.2. The third kappa shape index (κ3) is 5.36. The number of anilines is 1. The molecule has 0 spiro atoms. The van der Waals surface area contributed by atoms with Gasteiger partial charge in [0.05, 0.1) is 10.6 Å². The molecule has 136 valence electrons. The van der Waals surface area contributed by atoms with Crippen LogP contribution < -0.4 is 5.32 Å². The lowest BCUT2D eigenvalue weighted by Gasteiger charge is -2.07. The van der Waals surface area contributed by atoms with Crippen molar-refractivity contribution in [2.45, 2.75) is 10.6 Å². The molecule has 1 amide bonds. The van der Waals surface area contributed by atoms with Gasteiger partial charge < -0.3 is 5.32 Å². The highest BCUT2D eigenvalue weighted by Gasteiger charge is 2.15. The van der Waals surface area contributed by atoms with Crippen LogP contribution in [0, 0.1) is 0 Å². The summed E-state index contributed by atoms with van der Waals surface area (Å²) in [6.07, 6.45) is 6.36. The molecular weight excluding hydrogens is 360 g/mol. The largest absolute Gasteiger partial charge is 0.323 e. The number of sulfone groups is 1. The second kappa shape index (κ2) is 8.42. The van der Waals surface area contributed by atoms with E-state index in [1.807, 2.05) is 24.3 Å². The summed E-state index contributed by atoms with van der Waals surface area (Å²) in [6, 6.07) is 18.8. The molecule has 3 rings (SSSR count). The van der Waals surface area contributed by atoms with E-state index < -0.39 is 9.84 Å². The number of rotatable bonds is 6. The number of carbonyl (C=O) groups excluding carboxylic acids is 1. The van der Waals surface area contributed by atoms with Gasteiger partial charge >= 0.3 is 0 Å². The first-order valence-electron chi connectivity index (χ1n) is 8.29. The van der Waals surface area contributed by atoms with Gasteiger partial charge in [-0.05, 0) is 47.5 Å². The van der Waals surface area contributed by atoms with Crippen LogP contribution in [0.1, 0.15) is 11.1 Å². The molecule has 5 nitrogen and oxygen atoms in total. The van der Waals surface area contributed by atoms with Gasteiger partial charge in [0.1, 0.15) is 0 Å². The number of amides is 1. The van der Waals surface area contributed by atoms with Gasteiger partial charge in [0.2, 0.25) is 5.91 Å². The first-order valence-corrected chi connectivity index (χ1v) is 9.94. The standard InChI is InChI=1S/C21H18N2O3S/c24-21(13-8-17-7-4-14-22-15-17)23-19-9-11-20(12-10-19)27(25,26)16-18-5-2-1-3-6-18/h1-15H,16H2,(H,23,24)/b13-8+. The summed E-state index contributed by atoms with van der Waals surface area (Å²) < 4.78 is 25.0. The molecular formula is C21H18N2O3S. The Balaban J connectivity index is 1.64. The summed E-state index contributed by atoms with van der Waals surface area (Å²) >= 11 is 0. The molecule has 0 saturated carbocycles. The molecule has 0 atom stereocenters. The van der Waals surface area contributed by atoms with Gasteiger partial charge in [-0.15, -0.1) is 0 Å². The van der Waals surface area contributed by atoms with Crippen LogP contribution in [0.2, 0.25) is 0 Å². The van der Waals surface area contributed by atoms with Crippen molar-refractivity contribution in [2.24, 2.45) is 0 Å². The maximum atomic E-state index is 12.5. The van der Waals surface area contributed by atoms with Crippen molar-refractivity contribution in [3.8, 4) is 0 Å². The lowest BCUT2D eigenvalue weighted by molar-refractivity contribution is -0.111. The van der Waals surface area contributed by atoms with E-state index in [0.717, 1.165) is 11.1 Å². The van der Waals surface area contributed by atoms with Crippen molar-refractivity contribution in [1.82, 2.24) is 4.98 Å². The molecule has 1 N–H and O–H groups in total. The quantitative estimate of drug-likeness (QED) is 0.664. The number of carbonyl (C=O) groups is 1. The van der Waals surface area contributed by atoms with E-state index in [-0.39, 0.29) is 16.6 Å². The number of hydrogen-bond acceptors (Lipinski definition) is 4. The average molecular weight is 378 g/mol. The van der Waals surface area contributed by atoms with Gasteiger partial charge in [-0.1, -0.05) is 36.4 Å². The molecule has 1 heterocycles. The van der Waals surface area contributed by atoms with Crippen molar-refractivity contribution < 1.29 is 13.2 Å². The zero-order valence-electron chi connectivity index (χ0n) is 14.4. The maximum Gasteiger partial charge on any atom is 0.248 e. The van der Waals surface area contributed by atoms with Crippen molar-refractivity contribution in [2.75, 3.05) is 5.32 Å². The fourth-order valence-corrected chi connectivity index (χ4v) is 3.80. The highest BCUT2D eigenvalue weighted by Crippen LogP contribution is 2.19. The van der Waals surface area contributed by atoms with Crippen LogP contribution in [0.5, 0.6) is 0 Å². The summed E-state index contributed by atoms with van der Waals surface area (Å²) in [6.45, 7) is 0. The fraction of sp³-hybridized carbons (Fsp3) is 0.0476. The minimum Gasteiger partial charge on any atom is -0.323 e. The average Bonchev–Trinajstić information content (AvgIpc) is 2.68. The summed E-state index contributed by atoms with van der Waals surface area (Å²) in [5, 5.41) is 2.70. The number of nitrogens with zero attached hydrogens (tertiary/aromatic N) is 1. The van der Waals surface area contributed by atoms with E-state index in [0.29, 0.717) is 5.69 Å². The molecule has 0 radical (unpaired) electrons. The van der Waals surface area contributed by atoms with Gasteiger partial charge in [0.25, 0.3) is 0 Å². The minimum atomic E-state index is -3.44. The third-order valence-corrected chi connectivity index (χ3v) is 5.50. The second-order valence-corrected chi connectivity index (χ2v) is 7.87. The molecule has 6 heteroatoms. The van der Waals surface area contributed by atoms with Crippen LogP contribution in [0.3, 0.4) is 0 Å². The van der Waals surface area contributed by atoms with Crippen LogP contribution in [-0.2, 0) is 20.4 Å². The van der Waals surface area contributed by atoms with E-state index in [9.17, 15) is 13.2 Å². The Labute approximate surface area is 158 Å². The van der Waals surface area contributed by atoms with Crippen molar-refractivity contribution in [3.63, 3.8) is 0 Å². The first-order chi connectivity index (χ1) is 13.0. The Morgan fingerprint density at radius 2 is 1.70 bits per heavy atom. The summed E-state index contributed by atoms with van der Waals surface area (Å²) in [7, 11) is -3.44. The lowest BCUT2D eigenvalue weighted by Crippen LogP contribution is -2.08. The normalized spacial score (nSPS) is 11.4.